The Morgan fingerprint density at radius 3 is 2.88 bits per heavy atom. The van der Waals surface area contributed by atoms with Gasteiger partial charge in [-0.3, -0.25) is 4.90 Å². The van der Waals surface area contributed by atoms with Crippen LogP contribution in [0.4, 0.5) is 5.82 Å². The van der Waals surface area contributed by atoms with E-state index in [4.69, 9.17) is 0 Å². The third-order valence-electron chi connectivity index (χ3n) is 3.68. The van der Waals surface area contributed by atoms with Gasteiger partial charge < -0.3 is 5.32 Å². The Balaban J connectivity index is 1.91. The first-order chi connectivity index (χ1) is 8.31. The molecule has 0 aromatic carbocycles. The lowest BCUT2D eigenvalue weighted by molar-refractivity contribution is 0.178. The van der Waals surface area contributed by atoms with Crippen LogP contribution < -0.4 is 5.32 Å². The molecule has 0 atom stereocenters. The smallest absolute Gasteiger partial charge is 0.125 e. The molecule has 0 amide bonds. The second kappa shape index (κ2) is 6.01. The largest absolute Gasteiger partial charge is 0.373 e. The number of hydrogen-bond acceptors (Lipinski definition) is 3. The summed E-state index contributed by atoms with van der Waals surface area (Å²) in [6.45, 7) is 5.68. The van der Waals surface area contributed by atoms with Gasteiger partial charge in [0.25, 0.3) is 0 Å². The fourth-order valence-electron chi connectivity index (χ4n) is 2.31. The lowest BCUT2D eigenvalue weighted by Crippen LogP contribution is -2.32. The van der Waals surface area contributed by atoms with E-state index >= 15 is 0 Å². The van der Waals surface area contributed by atoms with Crippen LogP contribution in [0.25, 0.3) is 0 Å². The van der Waals surface area contributed by atoms with Gasteiger partial charge in [0.15, 0.2) is 0 Å². The molecule has 0 spiro atoms. The zero-order chi connectivity index (χ0) is 12.1. The molecule has 1 saturated carbocycles. The molecule has 3 heteroatoms. The van der Waals surface area contributed by atoms with Crippen LogP contribution in [0.1, 0.15) is 31.7 Å². The van der Waals surface area contributed by atoms with E-state index in [0.717, 1.165) is 24.8 Å². The minimum Gasteiger partial charge on any atom is -0.373 e. The molecular weight excluding hydrogens is 210 g/mol. The summed E-state index contributed by atoms with van der Waals surface area (Å²) in [6, 6.07) is 4.26. The van der Waals surface area contributed by atoms with Crippen LogP contribution in [-0.4, -0.2) is 30.0 Å². The summed E-state index contributed by atoms with van der Waals surface area (Å²) in [4.78, 5) is 6.79. The van der Waals surface area contributed by atoms with E-state index in [1.165, 1.54) is 31.4 Å². The van der Waals surface area contributed by atoms with Crippen molar-refractivity contribution >= 4 is 5.82 Å². The maximum atomic E-state index is 4.25. The summed E-state index contributed by atoms with van der Waals surface area (Å²) in [5.74, 6) is 1.91. The number of nitrogens with zero attached hydrogens (tertiary/aromatic N) is 2. The van der Waals surface area contributed by atoms with E-state index < -0.39 is 0 Å². The molecule has 0 saturated heterocycles. The second-order valence-corrected chi connectivity index (χ2v) is 4.92. The van der Waals surface area contributed by atoms with Crippen LogP contribution in [-0.2, 0) is 6.54 Å². The Morgan fingerprint density at radius 1 is 1.47 bits per heavy atom. The first-order valence-electron chi connectivity index (χ1n) is 6.67. The van der Waals surface area contributed by atoms with Crippen molar-refractivity contribution in [1.82, 2.24) is 9.88 Å². The number of rotatable bonds is 6. The molecule has 1 fully saturated rings. The fourth-order valence-corrected chi connectivity index (χ4v) is 2.31. The van der Waals surface area contributed by atoms with Gasteiger partial charge in [0.1, 0.15) is 5.82 Å². The molecule has 2 rings (SSSR count). The fraction of sp³-hybridized carbons (Fsp3) is 0.643. The van der Waals surface area contributed by atoms with Gasteiger partial charge in [0.2, 0.25) is 0 Å². The predicted molar refractivity (Wildman–Crippen MR) is 72.1 cm³/mol. The molecule has 1 aromatic heterocycles. The minimum absolute atomic E-state index is 0.945. The topological polar surface area (TPSA) is 28.2 Å². The second-order valence-electron chi connectivity index (χ2n) is 4.92. The van der Waals surface area contributed by atoms with Crippen LogP contribution in [0, 0.1) is 5.92 Å². The van der Waals surface area contributed by atoms with E-state index in [1.54, 1.807) is 0 Å². The van der Waals surface area contributed by atoms with Gasteiger partial charge in [-0.15, -0.1) is 0 Å². The summed E-state index contributed by atoms with van der Waals surface area (Å²) in [7, 11) is 1.91. The van der Waals surface area contributed by atoms with Crippen molar-refractivity contribution in [1.29, 1.82) is 0 Å². The number of pyridine rings is 1. The van der Waals surface area contributed by atoms with Crippen molar-refractivity contribution < 1.29 is 0 Å². The van der Waals surface area contributed by atoms with E-state index in [1.807, 2.05) is 13.2 Å². The Bertz CT molecular complexity index is 347. The number of hydrogen-bond donors (Lipinski definition) is 1. The highest BCUT2D eigenvalue weighted by Crippen LogP contribution is 2.27. The molecule has 94 valence electrons. The lowest BCUT2D eigenvalue weighted by Gasteiger charge is -2.31. The average Bonchev–Trinajstić information content (AvgIpc) is 2.32. The lowest BCUT2D eigenvalue weighted by atomic mass is 9.85. The van der Waals surface area contributed by atoms with E-state index in [9.17, 15) is 0 Å². The van der Waals surface area contributed by atoms with E-state index in [-0.39, 0.29) is 0 Å². The summed E-state index contributed by atoms with van der Waals surface area (Å²) in [5, 5.41) is 3.09. The molecule has 1 aromatic rings. The average molecular weight is 233 g/mol. The van der Waals surface area contributed by atoms with Gasteiger partial charge >= 0.3 is 0 Å². The molecule has 17 heavy (non-hydrogen) atoms. The molecule has 1 N–H and O–H groups in total. The van der Waals surface area contributed by atoms with Gasteiger partial charge in [-0.2, -0.15) is 0 Å². The molecule has 1 aliphatic rings. The highest BCUT2D eigenvalue weighted by atomic mass is 15.1. The summed E-state index contributed by atoms with van der Waals surface area (Å²) < 4.78 is 0. The van der Waals surface area contributed by atoms with Crippen molar-refractivity contribution in [2.75, 3.05) is 25.5 Å². The maximum absolute atomic E-state index is 4.25. The van der Waals surface area contributed by atoms with Crippen LogP contribution in [0.3, 0.4) is 0 Å². The Morgan fingerprint density at radius 2 is 2.29 bits per heavy atom. The quantitative estimate of drug-likeness (QED) is 0.819. The van der Waals surface area contributed by atoms with Crippen LogP contribution in [0.2, 0.25) is 0 Å². The Kier molecular flexibility index (Phi) is 4.37. The van der Waals surface area contributed by atoms with Crippen molar-refractivity contribution in [3.05, 3.63) is 23.9 Å². The highest BCUT2D eigenvalue weighted by Gasteiger charge is 2.19. The van der Waals surface area contributed by atoms with Crippen LogP contribution in [0.15, 0.2) is 18.3 Å². The molecule has 0 aliphatic heterocycles. The maximum Gasteiger partial charge on any atom is 0.125 e. The zero-order valence-corrected chi connectivity index (χ0v) is 10.9. The third kappa shape index (κ3) is 3.43. The Labute approximate surface area is 104 Å². The van der Waals surface area contributed by atoms with Crippen molar-refractivity contribution in [3.63, 3.8) is 0 Å². The first-order valence-corrected chi connectivity index (χ1v) is 6.67. The van der Waals surface area contributed by atoms with Gasteiger partial charge in [0.05, 0.1) is 0 Å². The highest BCUT2D eigenvalue weighted by molar-refractivity contribution is 5.36. The van der Waals surface area contributed by atoms with E-state index in [2.05, 4.69) is 34.3 Å². The molecule has 0 unspecified atom stereocenters. The summed E-state index contributed by atoms with van der Waals surface area (Å²) in [6.07, 6.45) is 6.17. The number of aromatic nitrogens is 1. The third-order valence-corrected chi connectivity index (χ3v) is 3.68. The first kappa shape index (κ1) is 12.4. The monoisotopic (exact) mass is 233 g/mol. The predicted octanol–water partition coefficient (Wildman–Crippen LogP) is 2.75. The molecule has 0 radical (unpaired) electrons. The minimum atomic E-state index is 0.945. The summed E-state index contributed by atoms with van der Waals surface area (Å²) >= 11 is 0. The van der Waals surface area contributed by atoms with Crippen LogP contribution >= 0.6 is 0 Å². The number of nitrogens with one attached hydrogen (secondary N) is 1. The van der Waals surface area contributed by atoms with Crippen molar-refractivity contribution in [2.45, 2.75) is 32.7 Å². The van der Waals surface area contributed by atoms with Gasteiger partial charge in [-0.1, -0.05) is 13.3 Å². The SMILES string of the molecule is CCN(Cc1ccnc(NC)c1)CC1CCC1. The van der Waals surface area contributed by atoms with Gasteiger partial charge in [0, 0.05) is 26.3 Å². The molecule has 3 nitrogen and oxygen atoms in total. The molecule has 0 bridgehead atoms. The molecule has 1 heterocycles. The van der Waals surface area contributed by atoms with Gasteiger partial charge in [-0.05, 0) is 43.0 Å². The van der Waals surface area contributed by atoms with Gasteiger partial charge in [-0.25, -0.2) is 4.98 Å². The van der Waals surface area contributed by atoms with Crippen molar-refractivity contribution in [3.8, 4) is 0 Å². The van der Waals surface area contributed by atoms with Crippen LogP contribution in [0.5, 0.6) is 0 Å². The summed E-state index contributed by atoms with van der Waals surface area (Å²) in [5.41, 5.74) is 1.35. The zero-order valence-electron chi connectivity index (χ0n) is 10.9. The molecule has 1 aliphatic carbocycles. The van der Waals surface area contributed by atoms with E-state index in [0.29, 0.717) is 0 Å². The number of anilines is 1. The normalized spacial score (nSPS) is 15.9. The Hall–Kier alpha value is -1.09. The van der Waals surface area contributed by atoms with Crippen molar-refractivity contribution in [2.24, 2.45) is 5.92 Å². The standard InChI is InChI=1S/C14H23N3/c1-3-17(10-12-5-4-6-12)11-13-7-8-16-14(9-13)15-2/h7-9,12H,3-6,10-11H2,1-2H3,(H,15,16). The molecular formula is C14H23N3.